The molecule has 2 rings (SSSR count). The van der Waals surface area contributed by atoms with Crippen molar-refractivity contribution in [1.82, 2.24) is 4.72 Å². The predicted octanol–water partition coefficient (Wildman–Crippen LogP) is 2.94. The Morgan fingerprint density at radius 1 is 1.14 bits per heavy atom. The lowest BCUT2D eigenvalue weighted by Crippen LogP contribution is -2.26. The quantitative estimate of drug-likeness (QED) is 0.677. The Bertz CT molecular complexity index is 785. The fraction of sp³-hybridized carbons (Fsp3) is 0.200. The van der Waals surface area contributed by atoms with E-state index in [4.69, 9.17) is 0 Å². The van der Waals surface area contributed by atoms with E-state index in [1.807, 2.05) is 31.2 Å². The minimum absolute atomic E-state index is 0.124. The lowest BCUT2D eigenvalue weighted by Gasteiger charge is -2.15. The van der Waals surface area contributed by atoms with E-state index in [9.17, 15) is 18.5 Å². The van der Waals surface area contributed by atoms with Gasteiger partial charge in [0, 0.05) is 18.2 Å². The third-order valence-electron chi connectivity index (χ3n) is 3.25. The molecule has 0 aromatic heterocycles. The summed E-state index contributed by atoms with van der Waals surface area (Å²) in [6, 6.07) is 12.0. The molecule has 0 unspecified atom stereocenters. The summed E-state index contributed by atoms with van der Waals surface area (Å²) >= 11 is 0. The second-order valence-electron chi connectivity index (χ2n) is 5.01. The van der Waals surface area contributed by atoms with Crippen LogP contribution in [0.4, 0.5) is 5.69 Å². The maximum atomic E-state index is 12.3. The zero-order valence-corrected chi connectivity index (χ0v) is 13.0. The molecule has 1 N–H and O–H groups in total. The van der Waals surface area contributed by atoms with Gasteiger partial charge in [0.2, 0.25) is 10.0 Å². The molecule has 1 atom stereocenters. The smallest absolute Gasteiger partial charge is 0.258 e. The standard InChI is InChI=1S/C15H16N2O4S/c1-11-6-8-13(9-7-11)12(2)16-22(20,21)15-5-3-4-14(10-15)17(18)19/h3-10,12,16H,1-2H3/t12-/m0/s1. The normalized spacial score (nSPS) is 12.8. The monoisotopic (exact) mass is 320 g/mol. The van der Waals surface area contributed by atoms with Crippen LogP contribution in [-0.4, -0.2) is 13.3 Å². The van der Waals surface area contributed by atoms with Gasteiger partial charge in [0.1, 0.15) is 0 Å². The lowest BCUT2D eigenvalue weighted by molar-refractivity contribution is -0.385. The van der Waals surface area contributed by atoms with E-state index in [0.29, 0.717) is 0 Å². The molecular weight excluding hydrogens is 304 g/mol. The molecule has 0 radical (unpaired) electrons. The highest BCUT2D eigenvalue weighted by molar-refractivity contribution is 7.89. The molecule has 0 aliphatic carbocycles. The number of nitrogens with zero attached hydrogens (tertiary/aromatic N) is 1. The van der Waals surface area contributed by atoms with Crippen LogP contribution in [0.1, 0.15) is 24.1 Å². The van der Waals surface area contributed by atoms with Crippen LogP contribution in [0, 0.1) is 17.0 Å². The van der Waals surface area contributed by atoms with Crippen molar-refractivity contribution in [3.8, 4) is 0 Å². The van der Waals surface area contributed by atoms with Crippen molar-refractivity contribution >= 4 is 15.7 Å². The van der Waals surface area contributed by atoms with E-state index in [1.54, 1.807) is 6.92 Å². The van der Waals surface area contributed by atoms with E-state index in [0.717, 1.165) is 17.2 Å². The van der Waals surface area contributed by atoms with Gasteiger partial charge in [-0.25, -0.2) is 13.1 Å². The summed E-state index contributed by atoms with van der Waals surface area (Å²) in [5, 5.41) is 10.7. The topological polar surface area (TPSA) is 89.3 Å². The van der Waals surface area contributed by atoms with Crippen molar-refractivity contribution in [2.75, 3.05) is 0 Å². The van der Waals surface area contributed by atoms with Crippen LogP contribution < -0.4 is 4.72 Å². The SMILES string of the molecule is Cc1ccc([C@H](C)NS(=O)(=O)c2cccc([N+](=O)[O-])c2)cc1. The van der Waals surface area contributed by atoms with Gasteiger partial charge in [0.15, 0.2) is 0 Å². The van der Waals surface area contributed by atoms with Gasteiger partial charge in [-0.05, 0) is 25.5 Å². The average Bonchev–Trinajstić information content (AvgIpc) is 2.47. The van der Waals surface area contributed by atoms with Crippen LogP contribution in [0.15, 0.2) is 53.4 Å². The number of hydrogen-bond donors (Lipinski definition) is 1. The number of nitrogens with one attached hydrogen (secondary N) is 1. The zero-order valence-electron chi connectivity index (χ0n) is 12.2. The highest BCUT2D eigenvalue weighted by atomic mass is 32.2. The molecule has 2 aromatic rings. The summed E-state index contributed by atoms with van der Waals surface area (Å²) in [6.07, 6.45) is 0. The van der Waals surface area contributed by atoms with Crippen LogP contribution >= 0.6 is 0 Å². The number of benzene rings is 2. The van der Waals surface area contributed by atoms with Gasteiger partial charge in [-0.15, -0.1) is 0 Å². The van der Waals surface area contributed by atoms with Crippen LogP contribution in [-0.2, 0) is 10.0 Å². The molecule has 22 heavy (non-hydrogen) atoms. The number of hydrogen-bond acceptors (Lipinski definition) is 4. The number of aryl methyl sites for hydroxylation is 1. The Morgan fingerprint density at radius 2 is 1.77 bits per heavy atom. The van der Waals surface area contributed by atoms with Gasteiger partial charge in [0.25, 0.3) is 5.69 Å². The molecule has 0 amide bonds. The van der Waals surface area contributed by atoms with Crippen LogP contribution in [0.5, 0.6) is 0 Å². The molecule has 6 nitrogen and oxygen atoms in total. The molecule has 0 bridgehead atoms. The van der Waals surface area contributed by atoms with E-state index in [1.165, 1.54) is 18.2 Å². The highest BCUT2D eigenvalue weighted by Crippen LogP contribution is 2.20. The Morgan fingerprint density at radius 3 is 2.36 bits per heavy atom. The van der Waals surface area contributed by atoms with Gasteiger partial charge < -0.3 is 0 Å². The summed E-state index contributed by atoms with van der Waals surface area (Å²) in [5.41, 5.74) is 1.64. The van der Waals surface area contributed by atoms with E-state index >= 15 is 0 Å². The van der Waals surface area contributed by atoms with Crippen LogP contribution in [0.25, 0.3) is 0 Å². The maximum Gasteiger partial charge on any atom is 0.270 e. The minimum atomic E-state index is -3.83. The summed E-state index contributed by atoms with van der Waals surface area (Å²) in [6.45, 7) is 3.67. The molecule has 0 spiro atoms. The third-order valence-corrected chi connectivity index (χ3v) is 4.79. The second kappa shape index (κ2) is 6.25. The Hall–Kier alpha value is -2.25. The maximum absolute atomic E-state index is 12.3. The van der Waals surface area contributed by atoms with Gasteiger partial charge in [-0.1, -0.05) is 35.9 Å². The van der Waals surface area contributed by atoms with Crippen molar-refractivity contribution in [2.45, 2.75) is 24.8 Å². The zero-order chi connectivity index (χ0) is 16.3. The first-order valence-corrected chi connectivity index (χ1v) is 8.11. The summed E-state index contributed by atoms with van der Waals surface area (Å²) in [5.74, 6) is 0. The van der Waals surface area contributed by atoms with Crippen molar-refractivity contribution in [3.63, 3.8) is 0 Å². The van der Waals surface area contributed by atoms with E-state index < -0.39 is 21.0 Å². The number of nitro benzene ring substituents is 1. The number of non-ortho nitro benzene ring substituents is 1. The molecule has 2 aromatic carbocycles. The molecule has 0 saturated carbocycles. The van der Waals surface area contributed by atoms with Gasteiger partial charge in [-0.3, -0.25) is 10.1 Å². The van der Waals surface area contributed by atoms with E-state index in [-0.39, 0.29) is 10.6 Å². The summed E-state index contributed by atoms with van der Waals surface area (Å²) in [7, 11) is -3.83. The summed E-state index contributed by atoms with van der Waals surface area (Å²) < 4.78 is 27.2. The first kappa shape index (κ1) is 16.1. The molecule has 7 heteroatoms. The predicted molar refractivity (Wildman–Crippen MR) is 83.0 cm³/mol. The second-order valence-corrected chi connectivity index (χ2v) is 6.72. The minimum Gasteiger partial charge on any atom is -0.258 e. The largest absolute Gasteiger partial charge is 0.270 e. The van der Waals surface area contributed by atoms with E-state index in [2.05, 4.69) is 4.72 Å². The molecule has 0 saturated heterocycles. The van der Waals surface area contributed by atoms with Crippen LogP contribution in [0.2, 0.25) is 0 Å². The number of nitro groups is 1. The molecule has 0 fully saturated rings. The summed E-state index contributed by atoms with van der Waals surface area (Å²) in [4.78, 5) is 10.00. The molecule has 0 heterocycles. The van der Waals surface area contributed by atoms with Gasteiger partial charge in [0.05, 0.1) is 9.82 Å². The first-order valence-electron chi connectivity index (χ1n) is 6.63. The molecule has 0 aliphatic rings. The Labute approximate surface area is 129 Å². The molecular formula is C15H16N2O4S. The first-order chi connectivity index (χ1) is 10.3. The lowest BCUT2D eigenvalue weighted by atomic mass is 10.1. The van der Waals surface area contributed by atoms with Crippen molar-refractivity contribution in [3.05, 3.63) is 69.8 Å². The molecule has 0 aliphatic heterocycles. The van der Waals surface area contributed by atoms with Gasteiger partial charge >= 0.3 is 0 Å². The van der Waals surface area contributed by atoms with Crippen molar-refractivity contribution < 1.29 is 13.3 Å². The highest BCUT2D eigenvalue weighted by Gasteiger charge is 2.20. The van der Waals surface area contributed by atoms with Crippen LogP contribution in [0.3, 0.4) is 0 Å². The Balaban J connectivity index is 2.25. The van der Waals surface area contributed by atoms with Gasteiger partial charge in [-0.2, -0.15) is 0 Å². The Kier molecular flexibility index (Phi) is 4.58. The third kappa shape index (κ3) is 3.69. The van der Waals surface area contributed by atoms with Crippen molar-refractivity contribution in [1.29, 1.82) is 0 Å². The number of rotatable bonds is 5. The fourth-order valence-electron chi connectivity index (χ4n) is 1.99. The number of sulfonamides is 1. The average molecular weight is 320 g/mol. The fourth-order valence-corrected chi connectivity index (χ4v) is 3.26. The molecule has 116 valence electrons. The van der Waals surface area contributed by atoms with Crippen molar-refractivity contribution in [2.24, 2.45) is 0 Å².